The third-order valence-corrected chi connectivity index (χ3v) is 4.24. The van der Waals surface area contributed by atoms with Crippen LogP contribution in [0.25, 0.3) is 0 Å². The third kappa shape index (κ3) is 3.24. The van der Waals surface area contributed by atoms with Crippen molar-refractivity contribution >= 4 is 11.8 Å². The molecule has 2 N–H and O–H groups in total. The van der Waals surface area contributed by atoms with Gasteiger partial charge in [-0.25, -0.2) is 0 Å². The Labute approximate surface area is 112 Å². The van der Waals surface area contributed by atoms with Gasteiger partial charge in [-0.05, 0) is 26.2 Å². The van der Waals surface area contributed by atoms with Crippen LogP contribution in [0.5, 0.6) is 0 Å². The van der Waals surface area contributed by atoms with Gasteiger partial charge >= 0.3 is 0 Å². The van der Waals surface area contributed by atoms with Crippen LogP contribution in [0.15, 0.2) is 5.16 Å². The first kappa shape index (κ1) is 13.8. The summed E-state index contributed by atoms with van der Waals surface area (Å²) in [4.78, 5) is 0. The molecule has 0 saturated carbocycles. The Hall–Kier alpha value is -0.590. The van der Waals surface area contributed by atoms with Gasteiger partial charge in [0, 0.05) is 12.3 Å². The highest BCUT2D eigenvalue weighted by atomic mass is 32.2. The van der Waals surface area contributed by atoms with Crippen molar-refractivity contribution in [1.82, 2.24) is 14.8 Å². The molecular weight excluding hydrogens is 248 g/mol. The second-order valence-corrected chi connectivity index (χ2v) is 5.70. The van der Waals surface area contributed by atoms with Gasteiger partial charge in [-0.3, -0.25) is 0 Å². The molecule has 1 aliphatic rings. The molecule has 1 aliphatic heterocycles. The zero-order valence-electron chi connectivity index (χ0n) is 11.1. The zero-order valence-corrected chi connectivity index (χ0v) is 11.9. The summed E-state index contributed by atoms with van der Waals surface area (Å²) in [6.45, 7) is 5.67. The topological polar surface area (TPSA) is 66.0 Å². The number of hydrogen-bond donors (Lipinski definition) is 1. The Morgan fingerprint density at radius 2 is 2.28 bits per heavy atom. The Morgan fingerprint density at radius 1 is 1.44 bits per heavy atom. The van der Waals surface area contributed by atoms with Crippen LogP contribution >= 0.6 is 11.8 Å². The van der Waals surface area contributed by atoms with E-state index in [9.17, 15) is 0 Å². The maximum absolute atomic E-state index is 5.81. The summed E-state index contributed by atoms with van der Waals surface area (Å²) in [6, 6.07) is 0. The summed E-state index contributed by atoms with van der Waals surface area (Å²) in [5.41, 5.74) is 5.67. The average Bonchev–Trinajstić information content (AvgIpc) is 2.94. The maximum atomic E-state index is 5.81. The van der Waals surface area contributed by atoms with E-state index in [1.165, 1.54) is 6.42 Å². The second-order valence-electron chi connectivity index (χ2n) is 4.71. The Morgan fingerprint density at radius 3 is 2.89 bits per heavy atom. The molecule has 6 heteroatoms. The zero-order chi connectivity index (χ0) is 13.0. The standard InChI is InChI=1S/C12H22N4OS/c1-3-6-16-11(7-13)14-15-12(16)18-8-10-5-4-9(2)17-10/h9-10H,3-8,13H2,1-2H3. The van der Waals surface area contributed by atoms with E-state index < -0.39 is 0 Å². The molecule has 0 amide bonds. The molecule has 5 nitrogen and oxygen atoms in total. The van der Waals surface area contributed by atoms with Crippen LogP contribution < -0.4 is 5.73 Å². The SMILES string of the molecule is CCCn1c(CN)nnc1SCC1CCC(C)O1. The molecule has 2 heterocycles. The van der Waals surface area contributed by atoms with E-state index in [-0.39, 0.29) is 0 Å². The van der Waals surface area contributed by atoms with E-state index in [2.05, 4.69) is 28.6 Å². The van der Waals surface area contributed by atoms with Crippen molar-refractivity contribution in [2.75, 3.05) is 5.75 Å². The van der Waals surface area contributed by atoms with E-state index in [1.54, 1.807) is 11.8 Å². The Balaban J connectivity index is 1.94. The molecule has 1 aromatic rings. The van der Waals surface area contributed by atoms with Crippen LogP contribution in [0.3, 0.4) is 0 Å². The summed E-state index contributed by atoms with van der Waals surface area (Å²) in [5, 5.41) is 9.34. The lowest BCUT2D eigenvalue weighted by Crippen LogP contribution is -2.13. The van der Waals surface area contributed by atoms with Crippen molar-refractivity contribution in [2.24, 2.45) is 5.73 Å². The van der Waals surface area contributed by atoms with Gasteiger partial charge in [0.25, 0.3) is 0 Å². The second kappa shape index (κ2) is 6.54. The normalized spacial score (nSPS) is 23.7. The lowest BCUT2D eigenvalue weighted by molar-refractivity contribution is 0.0699. The van der Waals surface area contributed by atoms with Crippen molar-refractivity contribution in [3.05, 3.63) is 5.82 Å². The minimum atomic E-state index is 0.359. The third-order valence-electron chi connectivity index (χ3n) is 3.14. The molecule has 102 valence electrons. The summed E-state index contributed by atoms with van der Waals surface area (Å²) in [5.74, 6) is 1.83. The smallest absolute Gasteiger partial charge is 0.191 e. The predicted molar refractivity (Wildman–Crippen MR) is 72.5 cm³/mol. The summed E-state index contributed by atoms with van der Waals surface area (Å²) < 4.78 is 7.94. The molecule has 2 unspecified atom stereocenters. The predicted octanol–water partition coefficient (Wildman–Crippen LogP) is 1.81. The van der Waals surface area contributed by atoms with E-state index in [1.807, 2.05) is 0 Å². The number of aromatic nitrogens is 3. The highest BCUT2D eigenvalue weighted by Gasteiger charge is 2.22. The molecule has 0 bridgehead atoms. The summed E-state index contributed by atoms with van der Waals surface area (Å²) in [7, 11) is 0. The fourth-order valence-corrected chi connectivity index (χ4v) is 3.23. The van der Waals surface area contributed by atoms with Gasteiger partial charge in [0.1, 0.15) is 5.82 Å². The van der Waals surface area contributed by atoms with Crippen LogP contribution in [0, 0.1) is 0 Å². The lowest BCUT2D eigenvalue weighted by Gasteiger charge is -2.11. The molecule has 2 atom stereocenters. The maximum Gasteiger partial charge on any atom is 0.191 e. The van der Waals surface area contributed by atoms with Crippen LogP contribution in [0.1, 0.15) is 38.9 Å². The molecule has 2 rings (SSSR count). The van der Waals surface area contributed by atoms with Crippen LogP contribution in [0.4, 0.5) is 0 Å². The molecule has 0 spiro atoms. The fraction of sp³-hybridized carbons (Fsp3) is 0.833. The van der Waals surface area contributed by atoms with Gasteiger partial charge < -0.3 is 15.0 Å². The fourth-order valence-electron chi connectivity index (χ4n) is 2.20. The average molecular weight is 270 g/mol. The minimum absolute atomic E-state index is 0.359. The first-order valence-electron chi connectivity index (χ1n) is 6.65. The molecule has 1 aromatic heterocycles. The quantitative estimate of drug-likeness (QED) is 0.799. The highest BCUT2D eigenvalue weighted by molar-refractivity contribution is 7.99. The van der Waals surface area contributed by atoms with Gasteiger partial charge in [0.05, 0.1) is 18.8 Å². The van der Waals surface area contributed by atoms with Gasteiger partial charge in [-0.2, -0.15) is 0 Å². The van der Waals surface area contributed by atoms with Crippen LogP contribution in [0.2, 0.25) is 0 Å². The first-order valence-corrected chi connectivity index (χ1v) is 7.63. The lowest BCUT2D eigenvalue weighted by atomic mass is 10.2. The number of nitrogens with zero attached hydrogens (tertiary/aromatic N) is 3. The number of rotatable bonds is 6. The van der Waals surface area contributed by atoms with Crippen LogP contribution in [-0.2, 0) is 17.8 Å². The minimum Gasteiger partial charge on any atom is -0.374 e. The van der Waals surface area contributed by atoms with E-state index >= 15 is 0 Å². The number of thioether (sulfide) groups is 1. The van der Waals surface area contributed by atoms with Crippen molar-refractivity contribution < 1.29 is 4.74 Å². The summed E-state index contributed by atoms with van der Waals surface area (Å²) >= 11 is 1.73. The van der Waals surface area contributed by atoms with Gasteiger partial charge in [0.15, 0.2) is 5.16 Å². The van der Waals surface area contributed by atoms with Crippen molar-refractivity contribution in [3.63, 3.8) is 0 Å². The monoisotopic (exact) mass is 270 g/mol. The molecule has 18 heavy (non-hydrogen) atoms. The van der Waals surface area contributed by atoms with Crippen LogP contribution in [-0.4, -0.2) is 32.7 Å². The molecule has 0 radical (unpaired) electrons. The molecule has 1 saturated heterocycles. The highest BCUT2D eigenvalue weighted by Crippen LogP contribution is 2.26. The molecular formula is C12H22N4OS. The number of ether oxygens (including phenoxy) is 1. The number of nitrogens with two attached hydrogens (primary N) is 1. The molecule has 1 fully saturated rings. The first-order chi connectivity index (χ1) is 8.74. The van der Waals surface area contributed by atoms with E-state index in [0.717, 1.165) is 36.1 Å². The van der Waals surface area contributed by atoms with E-state index in [0.29, 0.717) is 18.8 Å². The van der Waals surface area contributed by atoms with Gasteiger partial charge in [-0.1, -0.05) is 18.7 Å². The molecule has 0 aromatic carbocycles. The van der Waals surface area contributed by atoms with Gasteiger partial charge in [0.2, 0.25) is 0 Å². The molecule has 0 aliphatic carbocycles. The van der Waals surface area contributed by atoms with Crippen molar-refractivity contribution in [3.8, 4) is 0 Å². The number of hydrogen-bond acceptors (Lipinski definition) is 5. The van der Waals surface area contributed by atoms with Crippen molar-refractivity contribution in [1.29, 1.82) is 0 Å². The Bertz CT molecular complexity index is 382. The van der Waals surface area contributed by atoms with Crippen molar-refractivity contribution in [2.45, 2.75) is 63.6 Å². The largest absolute Gasteiger partial charge is 0.374 e. The van der Waals surface area contributed by atoms with Gasteiger partial charge in [-0.15, -0.1) is 10.2 Å². The summed E-state index contributed by atoms with van der Waals surface area (Å²) in [6.07, 6.45) is 4.15. The Kier molecular flexibility index (Phi) is 5.03. The van der Waals surface area contributed by atoms with E-state index in [4.69, 9.17) is 10.5 Å².